The number of halogens is 1. The number of nitrogens with zero attached hydrogens (tertiary/aromatic N) is 1. The van der Waals surface area contributed by atoms with Crippen LogP contribution in [0.4, 0.5) is 0 Å². The molecule has 2 rings (SSSR count). The molecule has 0 aliphatic heterocycles. The molecule has 6 nitrogen and oxygen atoms in total. The number of benzene rings is 1. The molecule has 0 atom stereocenters. The van der Waals surface area contributed by atoms with E-state index >= 15 is 0 Å². The summed E-state index contributed by atoms with van der Waals surface area (Å²) in [4.78, 5) is 26.3. The zero-order valence-electron chi connectivity index (χ0n) is 15.9. The summed E-state index contributed by atoms with van der Waals surface area (Å²) in [6.07, 6.45) is 0. The van der Waals surface area contributed by atoms with Crippen LogP contribution < -0.4 is 4.74 Å². The lowest BCUT2D eigenvalue weighted by atomic mass is 10.0. The van der Waals surface area contributed by atoms with Crippen LogP contribution in [0.15, 0.2) is 16.5 Å². The Kier molecular flexibility index (Phi) is 8.11. The van der Waals surface area contributed by atoms with Crippen molar-refractivity contribution in [3.8, 4) is 5.75 Å². The number of carbonyl (C=O) groups excluding carboxylic acids is 2. The minimum atomic E-state index is -0.563. The van der Waals surface area contributed by atoms with Gasteiger partial charge in [-0.25, -0.2) is 4.79 Å². The van der Waals surface area contributed by atoms with Crippen molar-refractivity contribution in [1.29, 1.82) is 0 Å². The zero-order chi connectivity index (χ0) is 18.6. The van der Waals surface area contributed by atoms with Crippen molar-refractivity contribution < 1.29 is 23.5 Å². The van der Waals surface area contributed by atoms with E-state index in [1.807, 2.05) is 0 Å². The van der Waals surface area contributed by atoms with Crippen LogP contribution in [0.5, 0.6) is 5.75 Å². The summed E-state index contributed by atoms with van der Waals surface area (Å²) in [5.41, 5.74) is 1.38. The quantitative estimate of drug-likeness (QED) is 0.509. The van der Waals surface area contributed by atoms with Crippen molar-refractivity contribution in [3.05, 3.63) is 29.0 Å². The van der Waals surface area contributed by atoms with Crippen LogP contribution in [0.2, 0.25) is 0 Å². The van der Waals surface area contributed by atoms with Crippen molar-refractivity contribution in [2.45, 2.75) is 27.7 Å². The first-order valence-electron chi connectivity index (χ1n) is 8.45. The number of esters is 1. The lowest BCUT2D eigenvalue weighted by Crippen LogP contribution is -2.28. The van der Waals surface area contributed by atoms with Gasteiger partial charge in [-0.05, 0) is 39.1 Å². The number of hydrogen-bond donors (Lipinski definition) is 0. The zero-order valence-corrected chi connectivity index (χ0v) is 16.7. The lowest BCUT2D eigenvalue weighted by molar-refractivity contribution is 0.0566. The number of rotatable bonds is 8. The number of ketones is 1. The molecule has 1 aromatic carbocycles. The van der Waals surface area contributed by atoms with E-state index in [9.17, 15) is 9.59 Å². The van der Waals surface area contributed by atoms with Crippen molar-refractivity contribution in [2.75, 3.05) is 33.4 Å². The molecule has 0 saturated heterocycles. The summed E-state index contributed by atoms with van der Waals surface area (Å²) in [6.45, 7) is 10.5. The maximum Gasteiger partial charge on any atom is 0.374 e. The molecule has 2 aromatic rings. The minimum Gasteiger partial charge on any atom is -0.491 e. The highest BCUT2D eigenvalue weighted by atomic mass is 35.5. The fourth-order valence-electron chi connectivity index (χ4n) is 2.83. The molecule has 0 N–H and O–H groups in total. The fraction of sp³-hybridized carbons (Fsp3) is 0.474. The molecule has 1 heterocycles. The van der Waals surface area contributed by atoms with Gasteiger partial charge in [-0.2, -0.15) is 0 Å². The van der Waals surface area contributed by atoms with Crippen LogP contribution in [0.3, 0.4) is 0 Å². The average Bonchev–Trinajstić information content (AvgIpc) is 2.94. The van der Waals surface area contributed by atoms with Crippen LogP contribution >= 0.6 is 12.4 Å². The maximum atomic E-state index is 12.2. The van der Waals surface area contributed by atoms with E-state index in [-0.39, 0.29) is 24.0 Å². The van der Waals surface area contributed by atoms with Crippen LogP contribution in [0.25, 0.3) is 11.0 Å². The predicted molar refractivity (Wildman–Crippen MR) is 103 cm³/mol. The molecular weight excluding hydrogens is 358 g/mol. The molecule has 0 bridgehead atoms. The van der Waals surface area contributed by atoms with Gasteiger partial charge in [0.1, 0.15) is 23.5 Å². The SMILES string of the molecule is CCN(CC)CCOc1ccc2c(C)c(C(=O)OC)oc2c1C(C)=O.Cl. The third-order valence-electron chi connectivity index (χ3n) is 4.35. The summed E-state index contributed by atoms with van der Waals surface area (Å²) in [6, 6.07) is 3.56. The van der Waals surface area contributed by atoms with Crippen molar-refractivity contribution in [3.63, 3.8) is 0 Å². The average molecular weight is 384 g/mol. The van der Waals surface area contributed by atoms with Gasteiger partial charge in [0, 0.05) is 17.5 Å². The van der Waals surface area contributed by atoms with E-state index in [1.54, 1.807) is 19.1 Å². The molecule has 0 spiro atoms. The molecule has 0 radical (unpaired) electrons. The van der Waals surface area contributed by atoms with Gasteiger partial charge in [-0.3, -0.25) is 4.79 Å². The van der Waals surface area contributed by atoms with E-state index in [0.717, 1.165) is 19.6 Å². The largest absolute Gasteiger partial charge is 0.491 e. The second-order valence-corrected chi connectivity index (χ2v) is 5.79. The van der Waals surface area contributed by atoms with Crippen molar-refractivity contribution in [1.82, 2.24) is 4.90 Å². The molecule has 0 aliphatic rings. The number of Topliss-reactive ketones (excluding diaryl/α,β-unsaturated/α-hetero) is 1. The highest BCUT2D eigenvalue weighted by molar-refractivity contribution is 6.09. The third-order valence-corrected chi connectivity index (χ3v) is 4.35. The van der Waals surface area contributed by atoms with E-state index in [0.29, 0.717) is 34.5 Å². The minimum absolute atomic E-state index is 0. The molecule has 0 unspecified atom stereocenters. The first-order chi connectivity index (χ1) is 11.9. The lowest BCUT2D eigenvalue weighted by Gasteiger charge is -2.18. The Morgan fingerprint density at radius 1 is 1.19 bits per heavy atom. The van der Waals surface area contributed by atoms with Gasteiger partial charge in [0.05, 0.1) is 7.11 Å². The third kappa shape index (κ3) is 4.37. The number of hydrogen-bond acceptors (Lipinski definition) is 6. The molecule has 1 aromatic heterocycles. The molecule has 0 saturated carbocycles. The Balaban J connectivity index is 0.00000338. The van der Waals surface area contributed by atoms with Crippen LogP contribution in [-0.4, -0.2) is 50.0 Å². The summed E-state index contributed by atoms with van der Waals surface area (Å²) in [7, 11) is 1.29. The van der Waals surface area contributed by atoms with E-state index < -0.39 is 5.97 Å². The van der Waals surface area contributed by atoms with E-state index in [1.165, 1.54) is 14.0 Å². The number of carbonyl (C=O) groups is 2. The Morgan fingerprint density at radius 2 is 1.85 bits per heavy atom. The maximum absolute atomic E-state index is 12.2. The first-order valence-corrected chi connectivity index (χ1v) is 8.45. The number of likely N-dealkylation sites (N-methyl/N-ethyl adjacent to an activating group) is 1. The number of ether oxygens (including phenoxy) is 2. The summed E-state index contributed by atoms with van der Waals surface area (Å²) < 4.78 is 16.2. The standard InChI is InChI=1S/C19H25NO5.ClH/c1-6-20(7-2)10-11-24-15-9-8-14-12(3)17(19(22)23-5)25-18(14)16(15)13(4)21;/h8-9H,6-7,10-11H2,1-5H3;1H. The van der Waals surface area contributed by atoms with Gasteiger partial charge < -0.3 is 18.8 Å². The first kappa shape index (κ1) is 22.0. The van der Waals surface area contributed by atoms with Gasteiger partial charge in [0.2, 0.25) is 5.76 Å². The van der Waals surface area contributed by atoms with Crippen LogP contribution in [-0.2, 0) is 4.74 Å². The number of aryl methyl sites for hydroxylation is 1. The second kappa shape index (κ2) is 9.59. The molecule has 7 heteroatoms. The van der Waals surface area contributed by atoms with Gasteiger partial charge in [-0.15, -0.1) is 12.4 Å². The molecule has 0 fully saturated rings. The highest BCUT2D eigenvalue weighted by Gasteiger charge is 2.24. The van der Waals surface area contributed by atoms with Gasteiger partial charge >= 0.3 is 5.97 Å². The van der Waals surface area contributed by atoms with E-state index in [2.05, 4.69) is 18.7 Å². The molecule has 26 heavy (non-hydrogen) atoms. The molecule has 0 amide bonds. The van der Waals surface area contributed by atoms with Gasteiger partial charge in [-0.1, -0.05) is 13.8 Å². The monoisotopic (exact) mass is 383 g/mol. The fourth-order valence-corrected chi connectivity index (χ4v) is 2.83. The number of methoxy groups -OCH3 is 1. The molecule has 0 aliphatic carbocycles. The van der Waals surface area contributed by atoms with Gasteiger partial charge in [0.25, 0.3) is 0 Å². The summed E-state index contributed by atoms with van der Waals surface area (Å²) in [5.74, 6) is -0.154. The normalized spacial score (nSPS) is 10.7. The van der Waals surface area contributed by atoms with E-state index in [4.69, 9.17) is 13.9 Å². The number of fused-ring (bicyclic) bond motifs is 1. The smallest absolute Gasteiger partial charge is 0.374 e. The highest BCUT2D eigenvalue weighted by Crippen LogP contribution is 2.34. The topological polar surface area (TPSA) is 69.0 Å². The summed E-state index contributed by atoms with van der Waals surface area (Å²) >= 11 is 0. The Morgan fingerprint density at radius 3 is 2.38 bits per heavy atom. The van der Waals surface area contributed by atoms with Crippen LogP contribution in [0, 0.1) is 6.92 Å². The van der Waals surface area contributed by atoms with Crippen molar-refractivity contribution in [2.24, 2.45) is 0 Å². The predicted octanol–water partition coefficient (Wildman–Crippen LogP) is 3.87. The summed E-state index contributed by atoms with van der Waals surface area (Å²) in [5, 5.41) is 0.710. The van der Waals surface area contributed by atoms with Crippen LogP contribution in [0.1, 0.15) is 47.2 Å². The molecular formula is C19H26ClNO5. The Bertz CT molecular complexity index is 780. The second-order valence-electron chi connectivity index (χ2n) is 5.79. The Hall–Kier alpha value is -2.05. The molecule has 144 valence electrons. The van der Waals surface area contributed by atoms with Crippen molar-refractivity contribution >= 4 is 35.1 Å². The number of furan rings is 1. The Labute approximate surface area is 159 Å². The van der Waals surface area contributed by atoms with Gasteiger partial charge in [0.15, 0.2) is 5.78 Å².